The number of rotatable bonds is 3. The molecule has 0 atom stereocenters. The predicted molar refractivity (Wildman–Crippen MR) is 76.9 cm³/mol. The van der Waals surface area contributed by atoms with E-state index < -0.39 is 17.5 Å². The molecule has 3 rings (SSSR count). The summed E-state index contributed by atoms with van der Waals surface area (Å²) in [4.78, 5) is 15.9. The van der Waals surface area contributed by atoms with Gasteiger partial charge in [0.25, 0.3) is 11.8 Å². The van der Waals surface area contributed by atoms with Gasteiger partial charge in [0.15, 0.2) is 5.82 Å². The molecule has 1 N–H and O–H groups in total. The second-order valence-corrected chi connectivity index (χ2v) is 5.45. The number of nitrogens with one attached hydrogen (secondary N) is 1. The minimum absolute atomic E-state index is 0.0509. The number of aryl methyl sites for hydroxylation is 2. The maximum absolute atomic E-state index is 13.3. The number of carbonyl (C=O) groups is 1. The van der Waals surface area contributed by atoms with Crippen molar-refractivity contribution in [1.29, 1.82) is 0 Å². The van der Waals surface area contributed by atoms with Crippen LogP contribution < -0.4 is 5.32 Å². The molecule has 2 aromatic rings. The van der Waals surface area contributed by atoms with Gasteiger partial charge in [0.2, 0.25) is 0 Å². The first kappa shape index (κ1) is 14.6. The standard InChI is InChI=1S/C15H16F2N4O/c1-15(16,17)12-7-4-6-11(18-12)14(22)19-13-9-10-5-2-3-8-21(10)20-13/h4,6-7,9H,2-3,5,8H2,1H3,(H,19,20,22). The molecule has 0 spiro atoms. The lowest BCUT2D eigenvalue weighted by Gasteiger charge is -2.11. The van der Waals surface area contributed by atoms with Crippen LogP contribution in [0.15, 0.2) is 24.3 Å². The molecule has 1 aliphatic rings. The van der Waals surface area contributed by atoms with Crippen molar-refractivity contribution in [2.45, 2.75) is 38.7 Å². The Labute approximate surface area is 126 Å². The van der Waals surface area contributed by atoms with Crippen molar-refractivity contribution in [2.75, 3.05) is 5.32 Å². The van der Waals surface area contributed by atoms with Gasteiger partial charge in [-0.25, -0.2) is 4.98 Å². The van der Waals surface area contributed by atoms with E-state index in [1.807, 2.05) is 10.7 Å². The Hall–Kier alpha value is -2.31. The highest BCUT2D eigenvalue weighted by molar-refractivity contribution is 6.02. The van der Waals surface area contributed by atoms with Crippen LogP contribution >= 0.6 is 0 Å². The Bertz CT molecular complexity index is 682. The molecule has 1 aliphatic heterocycles. The summed E-state index contributed by atoms with van der Waals surface area (Å²) >= 11 is 0. The molecule has 0 aromatic carbocycles. The number of fused-ring (bicyclic) bond motifs is 1. The SMILES string of the molecule is CC(F)(F)c1cccc(C(=O)Nc2cc3n(n2)CCCC3)n1. The fraction of sp³-hybridized carbons (Fsp3) is 0.400. The van der Waals surface area contributed by atoms with Gasteiger partial charge >= 0.3 is 0 Å². The number of anilines is 1. The van der Waals surface area contributed by atoms with E-state index in [1.54, 1.807) is 0 Å². The minimum Gasteiger partial charge on any atom is -0.304 e. The summed E-state index contributed by atoms with van der Waals surface area (Å²) < 4.78 is 28.4. The van der Waals surface area contributed by atoms with Crippen molar-refractivity contribution < 1.29 is 13.6 Å². The molecule has 1 amide bonds. The topological polar surface area (TPSA) is 59.8 Å². The van der Waals surface area contributed by atoms with Crippen LogP contribution in [-0.2, 0) is 18.9 Å². The van der Waals surface area contributed by atoms with Gasteiger partial charge < -0.3 is 5.32 Å². The molecule has 22 heavy (non-hydrogen) atoms. The molecule has 3 heterocycles. The van der Waals surface area contributed by atoms with Gasteiger partial charge in [0.1, 0.15) is 11.4 Å². The van der Waals surface area contributed by atoms with Gasteiger partial charge in [0.05, 0.1) is 0 Å². The van der Waals surface area contributed by atoms with Gasteiger partial charge in [-0.15, -0.1) is 0 Å². The van der Waals surface area contributed by atoms with Crippen molar-refractivity contribution in [3.8, 4) is 0 Å². The van der Waals surface area contributed by atoms with Gasteiger partial charge in [-0.3, -0.25) is 9.48 Å². The van der Waals surface area contributed by atoms with E-state index in [1.165, 1.54) is 18.2 Å². The van der Waals surface area contributed by atoms with Crippen molar-refractivity contribution >= 4 is 11.7 Å². The molecule has 0 saturated carbocycles. The Morgan fingerprint density at radius 3 is 2.91 bits per heavy atom. The van der Waals surface area contributed by atoms with Crippen LogP contribution in [0.25, 0.3) is 0 Å². The van der Waals surface area contributed by atoms with Crippen LogP contribution in [0, 0.1) is 0 Å². The third kappa shape index (κ3) is 2.98. The van der Waals surface area contributed by atoms with E-state index in [0.29, 0.717) is 5.82 Å². The molecule has 0 saturated heterocycles. The Morgan fingerprint density at radius 2 is 2.18 bits per heavy atom. The molecular formula is C15H16F2N4O. The number of hydrogen-bond donors (Lipinski definition) is 1. The van der Waals surface area contributed by atoms with Crippen LogP contribution in [0.5, 0.6) is 0 Å². The van der Waals surface area contributed by atoms with Crippen LogP contribution in [-0.4, -0.2) is 20.7 Å². The number of halogens is 2. The maximum Gasteiger partial charge on any atom is 0.287 e. The maximum atomic E-state index is 13.3. The lowest BCUT2D eigenvalue weighted by molar-refractivity contribution is 0.0126. The first-order valence-electron chi connectivity index (χ1n) is 7.17. The number of pyridine rings is 1. The normalized spacial score (nSPS) is 14.5. The van der Waals surface area contributed by atoms with E-state index in [2.05, 4.69) is 15.4 Å². The highest BCUT2D eigenvalue weighted by Crippen LogP contribution is 2.25. The summed E-state index contributed by atoms with van der Waals surface area (Å²) in [7, 11) is 0. The third-order valence-corrected chi connectivity index (χ3v) is 3.59. The van der Waals surface area contributed by atoms with E-state index in [-0.39, 0.29) is 5.69 Å². The summed E-state index contributed by atoms with van der Waals surface area (Å²) in [5.74, 6) is -3.19. The van der Waals surface area contributed by atoms with E-state index in [9.17, 15) is 13.6 Å². The lowest BCUT2D eigenvalue weighted by Crippen LogP contribution is -2.18. The highest BCUT2D eigenvalue weighted by atomic mass is 19.3. The number of amides is 1. The molecule has 5 nitrogen and oxygen atoms in total. The molecule has 0 aliphatic carbocycles. The fourth-order valence-corrected chi connectivity index (χ4v) is 2.47. The largest absolute Gasteiger partial charge is 0.304 e. The summed E-state index contributed by atoms with van der Waals surface area (Å²) in [6.07, 6.45) is 3.10. The monoisotopic (exact) mass is 306 g/mol. The first-order valence-corrected chi connectivity index (χ1v) is 7.17. The summed E-state index contributed by atoms with van der Waals surface area (Å²) in [5.41, 5.74) is 0.595. The third-order valence-electron chi connectivity index (χ3n) is 3.59. The zero-order valence-electron chi connectivity index (χ0n) is 12.1. The molecule has 116 valence electrons. The van der Waals surface area contributed by atoms with Crippen molar-refractivity contribution in [1.82, 2.24) is 14.8 Å². The number of carbonyl (C=O) groups excluding carboxylic acids is 1. The molecule has 0 fully saturated rings. The summed E-state index contributed by atoms with van der Waals surface area (Å²) in [6.45, 7) is 1.58. The van der Waals surface area contributed by atoms with Gasteiger partial charge in [-0.2, -0.15) is 13.9 Å². The van der Waals surface area contributed by atoms with Crippen molar-refractivity contribution in [3.63, 3.8) is 0 Å². The Morgan fingerprint density at radius 1 is 1.36 bits per heavy atom. The van der Waals surface area contributed by atoms with Crippen LogP contribution in [0.1, 0.15) is 41.6 Å². The van der Waals surface area contributed by atoms with E-state index in [0.717, 1.165) is 38.4 Å². The van der Waals surface area contributed by atoms with Crippen LogP contribution in [0.3, 0.4) is 0 Å². The minimum atomic E-state index is -3.08. The Balaban J connectivity index is 1.78. The molecule has 0 radical (unpaired) electrons. The van der Waals surface area contributed by atoms with Crippen LogP contribution in [0.4, 0.5) is 14.6 Å². The number of alkyl halides is 2. The smallest absolute Gasteiger partial charge is 0.287 e. The molecule has 0 unspecified atom stereocenters. The second kappa shape index (κ2) is 5.47. The van der Waals surface area contributed by atoms with Crippen LogP contribution in [0.2, 0.25) is 0 Å². The van der Waals surface area contributed by atoms with Gasteiger partial charge in [-0.1, -0.05) is 6.07 Å². The van der Waals surface area contributed by atoms with Gasteiger partial charge in [-0.05, 0) is 31.4 Å². The fourth-order valence-electron chi connectivity index (χ4n) is 2.47. The van der Waals surface area contributed by atoms with E-state index >= 15 is 0 Å². The summed E-state index contributed by atoms with van der Waals surface area (Å²) in [5, 5.41) is 6.91. The van der Waals surface area contributed by atoms with E-state index in [4.69, 9.17) is 0 Å². The van der Waals surface area contributed by atoms with Gasteiger partial charge in [0, 0.05) is 25.2 Å². The first-order chi connectivity index (χ1) is 10.4. The quantitative estimate of drug-likeness (QED) is 0.948. The average Bonchev–Trinajstić information content (AvgIpc) is 2.88. The summed E-state index contributed by atoms with van der Waals surface area (Å²) in [6, 6.07) is 5.81. The number of hydrogen-bond acceptors (Lipinski definition) is 3. The van der Waals surface area contributed by atoms with Crippen molar-refractivity contribution in [2.24, 2.45) is 0 Å². The number of nitrogens with zero attached hydrogens (tertiary/aromatic N) is 3. The number of aromatic nitrogens is 3. The van der Waals surface area contributed by atoms with Crippen molar-refractivity contribution in [3.05, 3.63) is 41.3 Å². The second-order valence-electron chi connectivity index (χ2n) is 5.45. The molecule has 7 heteroatoms. The zero-order chi connectivity index (χ0) is 15.7. The molecule has 0 bridgehead atoms. The Kier molecular flexibility index (Phi) is 3.64. The molecular weight excluding hydrogens is 290 g/mol. The average molecular weight is 306 g/mol. The predicted octanol–water partition coefficient (Wildman–Crippen LogP) is 2.98. The lowest BCUT2D eigenvalue weighted by atomic mass is 10.1. The molecule has 2 aromatic heterocycles. The zero-order valence-corrected chi connectivity index (χ0v) is 12.1. The highest BCUT2D eigenvalue weighted by Gasteiger charge is 2.27.